The number of anilines is 1. The van der Waals surface area contributed by atoms with Gasteiger partial charge in [0.05, 0.1) is 12.1 Å². The third-order valence-corrected chi connectivity index (χ3v) is 5.55. The molecule has 0 atom stereocenters. The van der Waals surface area contributed by atoms with Crippen LogP contribution in [-0.4, -0.2) is 84.0 Å². The summed E-state index contributed by atoms with van der Waals surface area (Å²) in [6, 6.07) is 5.07. The van der Waals surface area contributed by atoms with Crippen molar-refractivity contribution < 1.29 is 19.1 Å². The molecule has 0 radical (unpaired) electrons. The van der Waals surface area contributed by atoms with Crippen LogP contribution in [0.25, 0.3) is 0 Å². The number of rotatable bonds is 4. The molecule has 2 heterocycles. The number of carbonyl (C=O) groups is 3. The molecule has 8 nitrogen and oxygen atoms in total. The molecule has 1 aromatic carbocycles. The second-order valence-electron chi connectivity index (χ2n) is 8.89. The second-order valence-corrected chi connectivity index (χ2v) is 9.33. The summed E-state index contributed by atoms with van der Waals surface area (Å²) in [7, 11) is 0. The maximum absolute atomic E-state index is 12.8. The van der Waals surface area contributed by atoms with Gasteiger partial charge in [0.1, 0.15) is 5.60 Å². The molecule has 3 amide bonds. The van der Waals surface area contributed by atoms with E-state index in [1.807, 2.05) is 25.7 Å². The van der Waals surface area contributed by atoms with Crippen molar-refractivity contribution in [2.24, 2.45) is 0 Å². The van der Waals surface area contributed by atoms with Gasteiger partial charge in [0.25, 0.3) is 5.91 Å². The van der Waals surface area contributed by atoms with E-state index >= 15 is 0 Å². The van der Waals surface area contributed by atoms with E-state index in [1.54, 1.807) is 28.0 Å². The van der Waals surface area contributed by atoms with Crippen LogP contribution in [0.3, 0.4) is 0 Å². The van der Waals surface area contributed by atoms with Gasteiger partial charge in [0, 0.05) is 50.0 Å². The maximum Gasteiger partial charge on any atom is 0.410 e. The fourth-order valence-corrected chi connectivity index (χ4v) is 3.86. The Morgan fingerprint density at radius 3 is 2.19 bits per heavy atom. The van der Waals surface area contributed by atoms with Crippen LogP contribution in [0.2, 0.25) is 5.02 Å². The van der Waals surface area contributed by atoms with Crippen LogP contribution in [0.5, 0.6) is 0 Å². The summed E-state index contributed by atoms with van der Waals surface area (Å²) in [4.78, 5) is 42.9. The van der Waals surface area contributed by atoms with Crippen LogP contribution in [0, 0.1) is 0 Å². The molecule has 0 aliphatic carbocycles. The first-order chi connectivity index (χ1) is 14.6. The van der Waals surface area contributed by atoms with Crippen molar-refractivity contribution in [2.75, 3.05) is 51.1 Å². The molecule has 2 saturated heterocycles. The van der Waals surface area contributed by atoms with Crippen molar-refractivity contribution in [1.29, 1.82) is 0 Å². The summed E-state index contributed by atoms with van der Waals surface area (Å²) in [6.45, 7) is 8.77. The van der Waals surface area contributed by atoms with E-state index in [-0.39, 0.29) is 24.5 Å². The first-order valence-corrected chi connectivity index (χ1v) is 11.1. The number of likely N-dealkylation sites (tertiary alicyclic amines) is 1. The summed E-state index contributed by atoms with van der Waals surface area (Å²) in [6.07, 6.45) is 1.66. The molecule has 1 N–H and O–H groups in total. The van der Waals surface area contributed by atoms with Crippen LogP contribution >= 0.6 is 11.6 Å². The molecule has 2 aliphatic rings. The van der Waals surface area contributed by atoms with Crippen LogP contribution in [0.4, 0.5) is 10.5 Å². The van der Waals surface area contributed by atoms with E-state index in [1.165, 1.54) is 0 Å². The van der Waals surface area contributed by atoms with E-state index < -0.39 is 5.60 Å². The molecule has 0 aromatic heterocycles. The van der Waals surface area contributed by atoms with Crippen LogP contribution < -0.4 is 5.32 Å². The highest BCUT2D eigenvalue weighted by atomic mass is 35.5. The lowest BCUT2D eigenvalue weighted by Gasteiger charge is -2.35. The van der Waals surface area contributed by atoms with Gasteiger partial charge in [-0.2, -0.15) is 0 Å². The normalized spacial score (nSPS) is 17.0. The summed E-state index contributed by atoms with van der Waals surface area (Å²) in [5, 5.41) is 3.59. The average Bonchev–Trinajstić information content (AvgIpc) is 3.25. The van der Waals surface area contributed by atoms with Crippen molar-refractivity contribution in [2.45, 2.75) is 39.2 Å². The molecule has 0 spiro atoms. The molecule has 3 rings (SSSR count). The number of benzene rings is 1. The first-order valence-electron chi connectivity index (χ1n) is 10.7. The van der Waals surface area contributed by atoms with Gasteiger partial charge in [-0.05, 0) is 51.8 Å². The molecule has 0 bridgehead atoms. The zero-order chi connectivity index (χ0) is 22.6. The van der Waals surface area contributed by atoms with Gasteiger partial charge in [-0.15, -0.1) is 0 Å². The molecule has 2 aliphatic heterocycles. The highest BCUT2D eigenvalue weighted by Gasteiger charge is 2.28. The van der Waals surface area contributed by atoms with Gasteiger partial charge in [-0.3, -0.25) is 9.59 Å². The number of halogens is 1. The zero-order valence-electron chi connectivity index (χ0n) is 18.4. The van der Waals surface area contributed by atoms with Gasteiger partial charge >= 0.3 is 6.09 Å². The number of hydrogen-bond donors (Lipinski definition) is 1. The summed E-state index contributed by atoms with van der Waals surface area (Å²) >= 11 is 6.13. The van der Waals surface area contributed by atoms with Gasteiger partial charge < -0.3 is 24.8 Å². The van der Waals surface area contributed by atoms with Crippen LogP contribution in [-0.2, 0) is 9.53 Å². The van der Waals surface area contributed by atoms with Crippen molar-refractivity contribution in [3.05, 3.63) is 28.8 Å². The molecule has 170 valence electrons. The lowest BCUT2D eigenvalue weighted by atomic mass is 10.1. The standard InChI is InChI=1S/C22H31ClN4O4/c1-22(2,3)31-21(30)27-12-10-25(11-13-27)19(28)15-24-18-14-16(23)6-7-17(18)20(29)26-8-4-5-9-26/h6-7,14,24H,4-5,8-13,15H2,1-3H3. The van der Waals surface area contributed by atoms with E-state index in [0.29, 0.717) is 42.5 Å². The number of amides is 3. The highest BCUT2D eigenvalue weighted by Crippen LogP contribution is 2.24. The monoisotopic (exact) mass is 450 g/mol. The Morgan fingerprint density at radius 2 is 1.58 bits per heavy atom. The van der Waals surface area contributed by atoms with E-state index in [9.17, 15) is 14.4 Å². The molecule has 1 aromatic rings. The Labute approximate surface area is 188 Å². The maximum atomic E-state index is 12.8. The minimum atomic E-state index is -0.547. The molecule has 0 saturated carbocycles. The summed E-state index contributed by atoms with van der Waals surface area (Å²) < 4.78 is 5.39. The fraction of sp³-hybridized carbons (Fsp3) is 0.591. The van der Waals surface area contributed by atoms with E-state index in [0.717, 1.165) is 25.9 Å². The van der Waals surface area contributed by atoms with Crippen molar-refractivity contribution in [1.82, 2.24) is 14.7 Å². The predicted molar refractivity (Wildman–Crippen MR) is 119 cm³/mol. The summed E-state index contributed by atoms with van der Waals surface area (Å²) in [5.74, 6) is -0.140. The van der Waals surface area contributed by atoms with Gasteiger partial charge in [0.15, 0.2) is 0 Å². The van der Waals surface area contributed by atoms with Gasteiger partial charge in [0.2, 0.25) is 5.91 Å². The molecular weight excluding hydrogens is 420 g/mol. The van der Waals surface area contributed by atoms with Gasteiger partial charge in [-0.25, -0.2) is 4.79 Å². The quantitative estimate of drug-likeness (QED) is 0.762. The largest absolute Gasteiger partial charge is 0.444 e. The topological polar surface area (TPSA) is 82.2 Å². The van der Waals surface area contributed by atoms with Crippen LogP contribution in [0.1, 0.15) is 44.0 Å². The fourth-order valence-electron chi connectivity index (χ4n) is 3.69. The molecule has 2 fully saturated rings. The van der Waals surface area contributed by atoms with Crippen molar-refractivity contribution >= 4 is 35.2 Å². The second kappa shape index (κ2) is 9.77. The predicted octanol–water partition coefficient (Wildman–Crippen LogP) is 3.07. The Morgan fingerprint density at radius 1 is 0.968 bits per heavy atom. The lowest BCUT2D eigenvalue weighted by molar-refractivity contribution is -0.131. The Bertz CT molecular complexity index is 825. The average molecular weight is 451 g/mol. The highest BCUT2D eigenvalue weighted by molar-refractivity contribution is 6.31. The smallest absolute Gasteiger partial charge is 0.410 e. The number of hydrogen-bond acceptors (Lipinski definition) is 5. The SMILES string of the molecule is CC(C)(C)OC(=O)N1CCN(C(=O)CNc2cc(Cl)ccc2C(=O)N2CCCC2)CC1. The first kappa shape index (κ1) is 23.2. The lowest BCUT2D eigenvalue weighted by Crippen LogP contribution is -2.52. The zero-order valence-corrected chi connectivity index (χ0v) is 19.2. The number of carbonyl (C=O) groups excluding carboxylic acids is 3. The number of piperazine rings is 1. The Balaban J connectivity index is 1.55. The van der Waals surface area contributed by atoms with E-state index in [2.05, 4.69) is 5.32 Å². The number of nitrogens with one attached hydrogen (secondary N) is 1. The number of nitrogens with zero attached hydrogens (tertiary/aromatic N) is 3. The minimum absolute atomic E-state index is 0.0462. The Kier molecular flexibility index (Phi) is 7.30. The molecule has 31 heavy (non-hydrogen) atoms. The van der Waals surface area contributed by atoms with Crippen molar-refractivity contribution in [3.63, 3.8) is 0 Å². The summed E-state index contributed by atoms with van der Waals surface area (Å²) in [5.41, 5.74) is 0.536. The van der Waals surface area contributed by atoms with Crippen molar-refractivity contribution in [3.8, 4) is 0 Å². The third kappa shape index (κ3) is 6.26. The molecular formula is C22H31ClN4O4. The molecule has 9 heteroatoms. The molecule has 0 unspecified atom stereocenters. The van der Waals surface area contributed by atoms with Gasteiger partial charge in [-0.1, -0.05) is 11.6 Å². The Hall–Kier alpha value is -2.48. The van der Waals surface area contributed by atoms with Crippen LogP contribution in [0.15, 0.2) is 18.2 Å². The van der Waals surface area contributed by atoms with E-state index in [4.69, 9.17) is 16.3 Å². The third-order valence-electron chi connectivity index (χ3n) is 5.32. The number of ether oxygens (including phenoxy) is 1. The minimum Gasteiger partial charge on any atom is -0.444 e.